The minimum atomic E-state index is -0.959. The van der Waals surface area contributed by atoms with Crippen molar-refractivity contribution in [3.63, 3.8) is 0 Å². The van der Waals surface area contributed by atoms with E-state index in [1.807, 2.05) is 25.1 Å². The second-order valence-electron chi connectivity index (χ2n) is 7.00. The predicted molar refractivity (Wildman–Crippen MR) is 106 cm³/mol. The Morgan fingerprint density at radius 1 is 1.21 bits per heavy atom. The van der Waals surface area contributed by atoms with Crippen molar-refractivity contribution in [3.8, 4) is 5.75 Å². The lowest BCUT2D eigenvalue weighted by Gasteiger charge is -2.16. The highest BCUT2D eigenvalue weighted by molar-refractivity contribution is 5.92. The molecule has 6 nitrogen and oxygen atoms in total. The number of anilines is 1. The maximum Gasteiger partial charge on any atom is 0.335 e. The summed E-state index contributed by atoms with van der Waals surface area (Å²) in [7, 11) is 0. The number of hydrogen-bond acceptors (Lipinski definition) is 4. The molecule has 0 saturated carbocycles. The number of carboxylic acids is 1. The minimum absolute atomic E-state index is 0.109. The van der Waals surface area contributed by atoms with Gasteiger partial charge in [0.05, 0.1) is 17.4 Å². The van der Waals surface area contributed by atoms with Crippen LogP contribution in [0.5, 0.6) is 5.75 Å². The molecular formula is C22H25NO5. The minimum Gasteiger partial charge on any atom is -0.489 e. The van der Waals surface area contributed by atoms with Crippen LogP contribution in [0.3, 0.4) is 0 Å². The molecule has 1 unspecified atom stereocenters. The highest BCUT2D eigenvalue weighted by Crippen LogP contribution is 2.27. The molecule has 148 valence electrons. The molecule has 2 aromatic rings. The molecule has 2 aromatic carbocycles. The Kier molecular flexibility index (Phi) is 6.66. The van der Waals surface area contributed by atoms with Crippen molar-refractivity contribution in [2.24, 2.45) is 0 Å². The first-order valence-corrected chi connectivity index (χ1v) is 9.48. The van der Waals surface area contributed by atoms with Crippen molar-refractivity contribution in [1.29, 1.82) is 0 Å². The zero-order valence-corrected chi connectivity index (χ0v) is 15.9. The maximum atomic E-state index is 12.4. The fraction of sp³-hybridized carbons (Fsp3) is 0.364. The van der Waals surface area contributed by atoms with Gasteiger partial charge in [0.2, 0.25) is 5.91 Å². The highest BCUT2D eigenvalue weighted by atomic mass is 16.5. The van der Waals surface area contributed by atoms with Crippen LogP contribution in [0.4, 0.5) is 5.69 Å². The number of hydrogen-bond donors (Lipinski definition) is 2. The van der Waals surface area contributed by atoms with Gasteiger partial charge < -0.3 is 19.9 Å². The lowest BCUT2D eigenvalue weighted by atomic mass is 10.1. The zero-order valence-electron chi connectivity index (χ0n) is 15.9. The van der Waals surface area contributed by atoms with Gasteiger partial charge in [-0.15, -0.1) is 0 Å². The normalized spacial score (nSPS) is 16.0. The number of carbonyl (C=O) groups excluding carboxylic acids is 1. The summed E-state index contributed by atoms with van der Waals surface area (Å²) in [5.74, 6) is -0.429. The molecule has 1 atom stereocenters. The monoisotopic (exact) mass is 383 g/mol. The third-order valence-electron chi connectivity index (χ3n) is 4.70. The lowest BCUT2D eigenvalue weighted by molar-refractivity contribution is -0.116. The van der Waals surface area contributed by atoms with E-state index < -0.39 is 5.97 Å². The maximum absolute atomic E-state index is 12.4. The van der Waals surface area contributed by atoms with Crippen molar-refractivity contribution in [2.45, 2.75) is 38.7 Å². The molecular weight excluding hydrogens is 358 g/mol. The molecule has 6 heteroatoms. The van der Waals surface area contributed by atoms with Crippen molar-refractivity contribution in [2.75, 3.05) is 18.5 Å². The number of amides is 1. The molecule has 1 heterocycles. The van der Waals surface area contributed by atoms with Gasteiger partial charge in [-0.05, 0) is 61.6 Å². The highest BCUT2D eigenvalue weighted by Gasteiger charge is 2.17. The Morgan fingerprint density at radius 3 is 2.68 bits per heavy atom. The second-order valence-corrected chi connectivity index (χ2v) is 7.00. The Hall–Kier alpha value is -2.86. The van der Waals surface area contributed by atoms with Crippen LogP contribution < -0.4 is 10.1 Å². The number of ether oxygens (including phenoxy) is 2. The van der Waals surface area contributed by atoms with Gasteiger partial charge in [-0.1, -0.05) is 18.2 Å². The van der Waals surface area contributed by atoms with Crippen LogP contribution in [0, 0.1) is 6.92 Å². The van der Waals surface area contributed by atoms with Gasteiger partial charge >= 0.3 is 5.97 Å². The van der Waals surface area contributed by atoms with E-state index in [1.54, 1.807) is 24.3 Å². The van der Waals surface area contributed by atoms with Crippen LogP contribution in [0.15, 0.2) is 42.5 Å². The standard InChI is InChI=1S/C22H25NO5/c1-15-4-10-19(20(13-15)28-14-18-3-2-12-27-18)23-21(24)11-7-16-5-8-17(9-6-16)22(25)26/h4-6,8-10,13,18H,2-3,7,11-12,14H2,1H3,(H,23,24)(H,25,26). The molecule has 0 radical (unpaired) electrons. The Balaban J connectivity index is 1.55. The van der Waals surface area contributed by atoms with Crippen LogP contribution >= 0.6 is 0 Å². The number of benzene rings is 2. The summed E-state index contributed by atoms with van der Waals surface area (Å²) < 4.78 is 11.5. The quantitative estimate of drug-likeness (QED) is 0.724. The Labute approximate surface area is 164 Å². The molecule has 1 aliphatic heterocycles. The van der Waals surface area contributed by atoms with E-state index in [2.05, 4.69) is 5.32 Å². The molecule has 2 N–H and O–H groups in total. The van der Waals surface area contributed by atoms with Crippen LogP contribution in [-0.4, -0.2) is 36.3 Å². The third-order valence-corrected chi connectivity index (χ3v) is 4.70. The van der Waals surface area contributed by atoms with Gasteiger partial charge in [-0.2, -0.15) is 0 Å². The number of aryl methyl sites for hydroxylation is 2. The van der Waals surface area contributed by atoms with Crippen LogP contribution in [0.1, 0.15) is 40.7 Å². The molecule has 1 amide bonds. The van der Waals surface area contributed by atoms with Crippen LogP contribution in [0.25, 0.3) is 0 Å². The van der Waals surface area contributed by atoms with Crippen LogP contribution in [0.2, 0.25) is 0 Å². The van der Waals surface area contributed by atoms with Crippen molar-refractivity contribution in [3.05, 3.63) is 59.2 Å². The summed E-state index contributed by atoms with van der Waals surface area (Å²) in [6, 6.07) is 12.3. The summed E-state index contributed by atoms with van der Waals surface area (Å²) in [4.78, 5) is 23.3. The second kappa shape index (κ2) is 9.37. The fourth-order valence-corrected chi connectivity index (χ4v) is 3.10. The zero-order chi connectivity index (χ0) is 19.9. The van der Waals surface area contributed by atoms with Gasteiger partial charge in [0.15, 0.2) is 0 Å². The van der Waals surface area contributed by atoms with Gasteiger partial charge in [0.1, 0.15) is 12.4 Å². The number of aromatic carboxylic acids is 1. The number of rotatable bonds is 8. The van der Waals surface area contributed by atoms with Gasteiger partial charge in [0.25, 0.3) is 0 Å². The number of carbonyl (C=O) groups is 2. The first-order valence-electron chi connectivity index (χ1n) is 9.48. The first-order chi connectivity index (χ1) is 13.5. The van der Waals surface area contributed by atoms with E-state index in [4.69, 9.17) is 14.6 Å². The Bertz CT molecular complexity index is 825. The van der Waals surface area contributed by atoms with Gasteiger partial charge in [-0.3, -0.25) is 4.79 Å². The Morgan fingerprint density at radius 2 is 2.00 bits per heavy atom. The summed E-state index contributed by atoms with van der Waals surface area (Å²) in [5, 5.41) is 11.8. The largest absolute Gasteiger partial charge is 0.489 e. The van der Waals surface area contributed by atoms with Crippen molar-refractivity contribution in [1.82, 2.24) is 0 Å². The molecule has 1 saturated heterocycles. The summed E-state index contributed by atoms with van der Waals surface area (Å²) in [6.07, 6.45) is 2.99. The molecule has 3 rings (SSSR count). The third kappa shape index (κ3) is 5.57. The molecule has 28 heavy (non-hydrogen) atoms. The summed E-state index contributed by atoms with van der Waals surface area (Å²) in [5.41, 5.74) is 2.86. The van der Waals surface area contributed by atoms with E-state index in [0.29, 0.717) is 30.9 Å². The fourth-order valence-electron chi connectivity index (χ4n) is 3.10. The van der Waals surface area contributed by atoms with E-state index in [9.17, 15) is 9.59 Å². The van der Waals surface area contributed by atoms with E-state index in [1.165, 1.54) is 0 Å². The lowest BCUT2D eigenvalue weighted by Crippen LogP contribution is -2.18. The summed E-state index contributed by atoms with van der Waals surface area (Å²) >= 11 is 0. The van der Waals surface area contributed by atoms with Crippen LogP contribution in [-0.2, 0) is 16.0 Å². The molecule has 0 aromatic heterocycles. The van der Waals surface area contributed by atoms with Gasteiger partial charge in [-0.25, -0.2) is 4.79 Å². The molecule has 1 fully saturated rings. The average molecular weight is 383 g/mol. The molecule has 0 aliphatic carbocycles. The molecule has 0 spiro atoms. The molecule has 1 aliphatic rings. The van der Waals surface area contributed by atoms with E-state index >= 15 is 0 Å². The average Bonchev–Trinajstić information content (AvgIpc) is 3.20. The predicted octanol–water partition coefficient (Wildman–Crippen LogP) is 3.82. The van der Waals surface area contributed by atoms with E-state index in [-0.39, 0.29) is 17.6 Å². The topological polar surface area (TPSA) is 84.9 Å². The number of nitrogens with one attached hydrogen (secondary N) is 1. The molecule has 0 bridgehead atoms. The summed E-state index contributed by atoms with van der Waals surface area (Å²) in [6.45, 7) is 3.23. The smallest absolute Gasteiger partial charge is 0.335 e. The van der Waals surface area contributed by atoms with Crippen molar-refractivity contribution >= 4 is 17.6 Å². The number of carboxylic acid groups (broad SMARTS) is 1. The van der Waals surface area contributed by atoms with E-state index in [0.717, 1.165) is 30.6 Å². The van der Waals surface area contributed by atoms with Crippen molar-refractivity contribution < 1.29 is 24.2 Å². The van der Waals surface area contributed by atoms with Gasteiger partial charge in [0, 0.05) is 13.0 Å². The SMILES string of the molecule is Cc1ccc(NC(=O)CCc2ccc(C(=O)O)cc2)c(OCC2CCCO2)c1. The first kappa shape index (κ1) is 19.9.